The number of ether oxygens (including phenoxy) is 2. The fourth-order valence-corrected chi connectivity index (χ4v) is 6.60. The molecule has 1 aliphatic rings. The minimum Gasteiger partial charge on any atom is -0.371 e. The highest BCUT2D eigenvalue weighted by Crippen LogP contribution is 2.51. The molecule has 1 saturated heterocycles. The lowest BCUT2D eigenvalue weighted by Gasteiger charge is -2.38. The summed E-state index contributed by atoms with van der Waals surface area (Å²) in [6.45, 7) is 12.8. The third kappa shape index (κ3) is 10.6. The minimum atomic E-state index is -2.57. The summed E-state index contributed by atoms with van der Waals surface area (Å²) in [6, 6.07) is 3.47. The molecular weight excluding hydrogens is 556 g/mol. The molecule has 1 aliphatic heterocycles. The van der Waals surface area contributed by atoms with Crippen LogP contribution in [0.4, 0.5) is 0 Å². The quantitative estimate of drug-likeness (QED) is 0.221. The molecule has 0 aromatic carbocycles. The Morgan fingerprint density at radius 3 is 2.42 bits per heavy atom. The molecule has 1 N–H and O–H groups in total. The van der Waals surface area contributed by atoms with Crippen molar-refractivity contribution in [2.24, 2.45) is 0 Å². The van der Waals surface area contributed by atoms with Gasteiger partial charge in [0.1, 0.15) is 25.5 Å². The average molecular weight is 602 g/mol. The van der Waals surface area contributed by atoms with Crippen LogP contribution in [0.15, 0.2) is 33.7 Å². The van der Waals surface area contributed by atoms with Crippen LogP contribution in [0, 0.1) is 11.3 Å². The van der Waals surface area contributed by atoms with E-state index in [4.69, 9.17) is 23.8 Å². The monoisotopic (exact) mass is 601 g/mol. The van der Waals surface area contributed by atoms with Gasteiger partial charge in [0.25, 0.3) is 14.1 Å². The Kier molecular flexibility index (Phi) is 13.9. The fourth-order valence-electron chi connectivity index (χ4n) is 4.26. The van der Waals surface area contributed by atoms with E-state index < -0.39 is 51.5 Å². The summed E-state index contributed by atoms with van der Waals surface area (Å²) in [5.74, 6) is 1.61. The normalized spacial score (nSPS) is 22.7. The lowest BCUT2D eigenvalue weighted by atomic mass is 10.1. The Labute approximate surface area is 238 Å². The predicted molar refractivity (Wildman–Crippen MR) is 157 cm³/mol. The molecule has 0 radical (unpaired) electrons. The van der Waals surface area contributed by atoms with Crippen LogP contribution >= 0.6 is 15.7 Å². The standard InChI is InChI=1S/C26H45N5O7P2/c1-19(2)31(20(3)4)39(36-17-9-13-27)38-23-21(12-18-40(7,8)34)37-25(24(23)35-16-10-14-29(5)6)30-15-11-22(32)28-26(30)33/h11-12,15,18-21,23-25H,9-10,14,16-17H2,1-8H3,(H,28,32,33)/b18-12+/t21-,23-,24-,25-,39?/m1/s1. The van der Waals surface area contributed by atoms with Gasteiger partial charge in [-0.25, -0.2) is 9.46 Å². The van der Waals surface area contributed by atoms with Crippen LogP contribution in [0.25, 0.3) is 0 Å². The fraction of sp³-hybridized carbons (Fsp3) is 0.731. The molecule has 12 nitrogen and oxygen atoms in total. The van der Waals surface area contributed by atoms with Crippen LogP contribution in [0.2, 0.25) is 0 Å². The second-order valence-corrected chi connectivity index (χ2v) is 15.5. The predicted octanol–water partition coefficient (Wildman–Crippen LogP) is 3.57. The summed E-state index contributed by atoms with van der Waals surface area (Å²) in [4.78, 5) is 28.9. The summed E-state index contributed by atoms with van der Waals surface area (Å²) in [5.41, 5.74) is -1.17. The average Bonchev–Trinajstić information content (AvgIpc) is 3.16. The van der Waals surface area contributed by atoms with Gasteiger partial charge in [0.15, 0.2) is 6.23 Å². The van der Waals surface area contributed by atoms with Gasteiger partial charge in [-0.05, 0) is 80.0 Å². The zero-order valence-corrected chi connectivity index (χ0v) is 26.6. The van der Waals surface area contributed by atoms with Crippen molar-refractivity contribution >= 4 is 15.7 Å². The van der Waals surface area contributed by atoms with Gasteiger partial charge in [-0.2, -0.15) is 5.26 Å². The molecule has 0 aliphatic carbocycles. The van der Waals surface area contributed by atoms with E-state index >= 15 is 0 Å². The van der Waals surface area contributed by atoms with Gasteiger partial charge < -0.3 is 28.0 Å². The molecule has 0 bridgehead atoms. The van der Waals surface area contributed by atoms with Crippen LogP contribution < -0.4 is 11.2 Å². The summed E-state index contributed by atoms with van der Waals surface area (Å²) < 4.78 is 41.5. The van der Waals surface area contributed by atoms with Crippen LogP contribution in [0.5, 0.6) is 0 Å². The minimum absolute atomic E-state index is 0.0630. The van der Waals surface area contributed by atoms with E-state index in [0.717, 1.165) is 13.0 Å². The van der Waals surface area contributed by atoms with E-state index in [1.54, 1.807) is 25.2 Å². The van der Waals surface area contributed by atoms with Gasteiger partial charge in [0.05, 0.1) is 19.1 Å². The van der Waals surface area contributed by atoms with Gasteiger partial charge in [-0.3, -0.25) is 14.3 Å². The molecule has 5 atom stereocenters. The molecule has 0 saturated carbocycles. The largest absolute Gasteiger partial charge is 0.371 e. The number of aromatic amines is 1. The number of nitrogens with zero attached hydrogens (tertiary/aromatic N) is 4. The van der Waals surface area contributed by atoms with E-state index in [1.165, 1.54) is 16.8 Å². The van der Waals surface area contributed by atoms with Gasteiger partial charge in [-0.15, -0.1) is 0 Å². The van der Waals surface area contributed by atoms with Crippen LogP contribution in [-0.4, -0.2) is 96.7 Å². The lowest BCUT2D eigenvalue weighted by Crippen LogP contribution is -2.41. The van der Waals surface area contributed by atoms with E-state index in [-0.39, 0.29) is 25.1 Å². The highest BCUT2D eigenvalue weighted by molar-refractivity contribution is 7.65. The van der Waals surface area contributed by atoms with Crippen molar-refractivity contribution in [3.8, 4) is 6.07 Å². The van der Waals surface area contributed by atoms with Crippen molar-refractivity contribution in [1.82, 2.24) is 19.1 Å². The van der Waals surface area contributed by atoms with Gasteiger partial charge in [-0.1, -0.05) is 0 Å². The molecule has 1 aromatic heterocycles. The number of rotatable bonds is 16. The number of hydrogen-bond donors (Lipinski definition) is 1. The van der Waals surface area contributed by atoms with Crippen LogP contribution in [0.1, 0.15) is 46.8 Å². The summed E-state index contributed by atoms with van der Waals surface area (Å²) in [6.07, 6.45) is 0.803. The number of H-pyrrole nitrogens is 1. The van der Waals surface area contributed by atoms with E-state index in [0.29, 0.717) is 6.61 Å². The number of hydrogen-bond acceptors (Lipinski definition) is 10. The first-order valence-electron chi connectivity index (χ1n) is 13.5. The first kappa shape index (κ1) is 34.5. The van der Waals surface area contributed by atoms with E-state index in [1.807, 2.05) is 46.7 Å². The maximum atomic E-state index is 12.8. The lowest BCUT2D eigenvalue weighted by molar-refractivity contribution is -0.0680. The zero-order chi connectivity index (χ0) is 30.0. The number of aromatic nitrogens is 2. The smallest absolute Gasteiger partial charge is 0.330 e. The number of nitrogens with one attached hydrogen (secondary N) is 1. The Bertz CT molecular complexity index is 1150. The van der Waals surface area contributed by atoms with Crippen molar-refractivity contribution in [1.29, 1.82) is 5.26 Å². The highest BCUT2D eigenvalue weighted by Gasteiger charge is 2.49. The molecular formula is C26H45N5O7P2. The van der Waals surface area contributed by atoms with Crippen molar-refractivity contribution in [3.63, 3.8) is 0 Å². The SMILES string of the molecule is CC(C)N(C(C)C)P(OCCC#N)O[C@H]1[C@@H](OCCCN(C)C)[C@H](n2ccc(=O)[nH]c2=O)O[C@@H]1/C=C/P(C)(C)=O. The molecule has 226 valence electrons. The van der Waals surface area contributed by atoms with Crippen LogP contribution in [0.3, 0.4) is 0 Å². The molecule has 2 rings (SSSR count). The summed E-state index contributed by atoms with van der Waals surface area (Å²) >= 11 is 0. The molecule has 40 heavy (non-hydrogen) atoms. The van der Waals surface area contributed by atoms with Gasteiger partial charge >= 0.3 is 5.69 Å². The Balaban J connectivity index is 2.57. The third-order valence-corrected chi connectivity index (χ3v) is 8.94. The van der Waals surface area contributed by atoms with Gasteiger partial charge in [0.2, 0.25) is 0 Å². The first-order valence-corrected chi connectivity index (χ1v) is 17.3. The van der Waals surface area contributed by atoms with Crippen molar-refractivity contribution < 1.29 is 23.1 Å². The maximum Gasteiger partial charge on any atom is 0.330 e. The Hall–Kier alpha value is -1.67. The molecule has 2 heterocycles. The number of nitriles is 1. The van der Waals surface area contributed by atoms with E-state index in [2.05, 4.69) is 15.7 Å². The Morgan fingerprint density at radius 2 is 1.88 bits per heavy atom. The molecule has 1 unspecified atom stereocenters. The Morgan fingerprint density at radius 1 is 1.20 bits per heavy atom. The molecule has 0 amide bonds. The second-order valence-electron chi connectivity index (χ2n) is 10.9. The van der Waals surface area contributed by atoms with Crippen molar-refractivity contribution in [3.05, 3.63) is 45.0 Å². The van der Waals surface area contributed by atoms with E-state index in [9.17, 15) is 14.2 Å². The molecule has 1 fully saturated rings. The topological polar surface area (TPSA) is 139 Å². The molecule has 14 heteroatoms. The summed E-state index contributed by atoms with van der Waals surface area (Å²) in [5, 5.41) is 9.10. The molecule has 1 aromatic rings. The van der Waals surface area contributed by atoms with Crippen molar-refractivity contribution in [2.75, 3.05) is 47.2 Å². The van der Waals surface area contributed by atoms with Crippen molar-refractivity contribution in [2.45, 2.75) is 77.2 Å². The third-order valence-electron chi connectivity index (χ3n) is 5.92. The summed E-state index contributed by atoms with van der Waals surface area (Å²) in [7, 11) is -0.303. The van der Waals surface area contributed by atoms with Gasteiger partial charge in [0, 0.05) is 31.0 Å². The van der Waals surface area contributed by atoms with Crippen LogP contribution in [-0.2, 0) is 23.1 Å². The molecule has 0 spiro atoms. The highest BCUT2D eigenvalue weighted by atomic mass is 31.2. The maximum absolute atomic E-state index is 12.8. The second kappa shape index (κ2) is 16.1. The first-order chi connectivity index (χ1) is 18.7. The zero-order valence-electron chi connectivity index (χ0n) is 24.9.